The molecule has 4 nitrogen and oxygen atoms in total. The maximum atomic E-state index is 11.4. The van der Waals surface area contributed by atoms with Crippen molar-refractivity contribution in [3.8, 4) is 5.75 Å². The molecule has 18 heavy (non-hydrogen) atoms. The molecule has 0 amide bonds. The molecule has 0 bridgehead atoms. The number of esters is 1. The van der Waals surface area contributed by atoms with Crippen LogP contribution in [0.1, 0.15) is 35.7 Å². The average Bonchev–Trinajstić information content (AvgIpc) is 2.38. The third kappa shape index (κ3) is 3.52. The second kappa shape index (κ2) is 6.69. The van der Waals surface area contributed by atoms with Crippen LogP contribution in [0.25, 0.3) is 5.76 Å². The van der Waals surface area contributed by atoms with E-state index in [4.69, 9.17) is 4.74 Å². The summed E-state index contributed by atoms with van der Waals surface area (Å²) >= 11 is 0. The SMILES string of the molecule is CCC/C=C(\OC)c1cc(O)cc(C(=O)OC)c1. The summed E-state index contributed by atoms with van der Waals surface area (Å²) in [6.07, 6.45) is 3.79. The summed E-state index contributed by atoms with van der Waals surface area (Å²) in [5.41, 5.74) is 0.957. The molecule has 98 valence electrons. The van der Waals surface area contributed by atoms with Gasteiger partial charge in [0, 0.05) is 5.56 Å². The van der Waals surface area contributed by atoms with Gasteiger partial charge in [-0.15, -0.1) is 0 Å². The van der Waals surface area contributed by atoms with Crippen molar-refractivity contribution >= 4 is 11.7 Å². The van der Waals surface area contributed by atoms with Crippen LogP contribution in [-0.2, 0) is 9.47 Å². The number of phenols is 1. The zero-order valence-corrected chi connectivity index (χ0v) is 10.9. The molecule has 0 aliphatic carbocycles. The molecule has 0 atom stereocenters. The maximum absolute atomic E-state index is 11.4. The van der Waals surface area contributed by atoms with E-state index in [0.717, 1.165) is 12.8 Å². The Hall–Kier alpha value is -1.97. The Morgan fingerprint density at radius 1 is 1.22 bits per heavy atom. The second-order valence-corrected chi connectivity index (χ2v) is 3.82. The molecule has 0 radical (unpaired) electrons. The van der Waals surface area contributed by atoms with Crippen molar-refractivity contribution in [1.29, 1.82) is 0 Å². The minimum atomic E-state index is -0.488. The Labute approximate surface area is 107 Å². The first-order valence-corrected chi connectivity index (χ1v) is 5.79. The fourth-order valence-corrected chi connectivity index (χ4v) is 1.58. The lowest BCUT2D eigenvalue weighted by Crippen LogP contribution is -2.02. The number of carbonyl (C=O) groups excluding carboxylic acids is 1. The summed E-state index contributed by atoms with van der Waals surface area (Å²) in [5.74, 6) is 0.156. The topological polar surface area (TPSA) is 55.8 Å². The van der Waals surface area contributed by atoms with E-state index in [1.807, 2.05) is 6.08 Å². The summed E-state index contributed by atoms with van der Waals surface area (Å²) < 4.78 is 9.89. The third-order valence-electron chi connectivity index (χ3n) is 2.46. The number of benzene rings is 1. The minimum Gasteiger partial charge on any atom is -0.508 e. The van der Waals surface area contributed by atoms with E-state index in [-0.39, 0.29) is 5.75 Å². The average molecular weight is 250 g/mol. The Bertz CT molecular complexity index is 449. The molecule has 0 heterocycles. The molecular formula is C14H18O4. The lowest BCUT2D eigenvalue weighted by Gasteiger charge is -2.09. The van der Waals surface area contributed by atoms with E-state index in [1.54, 1.807) is 19.2 Å². The van der Waals surface area contributed by atoms with Gasteiger partial charge >= 0.3 is 5.97 Å². The van der Waals surface area contributed by atoms with Crippen LogP contribution in [-0.4, -0.2) is 25.3 Å². The van der Waals surface area contributed by atoms with Crippen molar-refractivity contribution in [2.45, 2.75) is 19.8 Å². The Morgan fingerprint density at radius 2 is 1.89 bits per heavy atom. The highest BCUT2D eigenvalue weighted by molar-refractivity contribution is 5.90. The smallest absolute Gasteiger partial charge is 0.338 e. The van der Waals surface area contributed by atoms with Crippen LogP contribution in [0, 0.1) is 0 Å². The Balaban J connectivity index is 3.15. The van der Waals surface area contributed by atoms with E-state index in [9.17, 15) is 9.90 Å². The highest BCUT2D eigenvalue weighted by Crippen LogP contribution is 2.23. The van der Waals surface area contributed by atoms with Gasteiger partial charge in [-0.25, -0.2) is 4.79 Å². The molecule has 0 fully saturated rings. The van der Waals surface area contributed by atoms with Gasteiger partial charge in [0.2, 0.25) is 0 Å². The van der Waals surface area contributed by atoms with Crippen LogP contribution in [0.3, 0.4) is 0 Å². The number of hydrogen-bond donors (Lipinski definition) is 1. The molecule has 0 aromatic heterocycles. The van der Waals surface area contributed by atoms with E-state index in [1.165, 1.54) is 13.2 Å². The number of hydrogen-bond acceptors (Lipinski definition) is 4. The number of rotatable bonds is 5. The standard InChI is InChI=1S/C14H18O4/c1-4-5-6-13(17-2)10-7-11(14(16)18-3)9-12(15)8-10/h6-9,15H,4-5H2,1-3H3/b13-6-. The summed E-state index contributed by atoms with van der Waals surface area (Å²) in [4.78, 5) is 11.4. The highest BCUT2D eigenvalue weighted by atomic mass is 16.5. The molecule has 0 unspecified atom stereocenters. The van der Waals surface area contributed by atoms with Gasteiger partial charge < -0.3 is 14.6 Å². The third-order valence-corrected chi connectivity index (χ3v) is 2.46. The Kier molecular flexibility index (Phi) is 5.24. The van der Waals surface area contributed by atoms with Crippen molar-refractivity contribution in [3.05, 3.63) is 35.4 Å². The molecule has 0 spiro atoms. The molecule has 0 saturated heterocycles. The predicted octanol–water partition coefficient (Wildman–Crippen LogP) is 2.97. The molecule has 1 N–H and O–H groups in total. The van der Waals surface area contributed by atoms with Crippen molar-refractivity contribution in [2.75, 3.05) is 14.2 Å². The van der Waals surface area contributed by atoms with Crippen LogP contribution < -0.4 is 0 Å². The van der Waals surface area contributed by atoms with Crippen molar-refractivity contribution in [3.63, 3.8) is 0 Å². The quantitative estimate of drug-likeness (QED) is 0.644. The minimum absolute atomic E-state index is 0.00680. The number of ether oxygens (including phenoxy) is 2. The van der Waals surface area contributed by atoms with Gasteiger partial charge in [0.1, 0.15) is 11.5 Å². The maximum Gasteiger partial charge on any atom is 0.338 e. The first kappa shape index (κ1) is 14.1. The lowest BCUT2D eigenvalue weighted by atomic mass is 10.1. The number of methoxy groups -OCH3 is 2. The normalized spacial score (nSPS) is 11.2. The number of aromatic hydroxyl groups is 1. The predicted molar refractivity (Wildman–Crippen MR) is 69.3 cm³/mol. The number of unbranched alkanes of at least 4 members (excludes halogenated alkanes) is 1. The molecule has 1 aromatic carbocycles. The highest BCUT2D eigenvalue weighted by Gasteiger charge is 2.11. The monoisotopic (exact) mass is 250 g/mol. The molecule has 0 aliphatic rings. The van der Waals surface area contributed by atoms with Gasteiger partial charge in [-0.3, -0.25) is 0 Å². The molecule has 1 aromatic rings. The number of allylic oxidation sites excluding steroid dienone is 1. The van der Waals surface area contributed by atoms with Gasteiger partial charge in [0.15, 0.2) is 0 Å². The van der Waals surface area contributed by atoms with E-state index in [2.05, 4.69) is 11.7 Å². The largest absolute Gasteiger partial charge is 0.508 e. The van der Waals surface area contributed by atoms with Gasteiger partial charge in [-0.1, -0.05) is 13.3 Å². The van der Waals surface area contributed by atoms with Gasteiger partial charge in [-0.05, 0) is 30.7 Å². The van der Waals surface area contributed by atoms with Crippen LogP contribution in [0.15, 0.2) is 24.3 Å². The molecular weight excluding hydrogens is 232 g/mol. The zero-order chi connectivity index (χ0) is 13.5. The van der Waals surface area contributed by atoms with E-state index in [0.29, 0.717) is 16.9 Å². The van der Waals surface area contributed by atoms with Crippen LogP contribution in [0.5, 0.6) is 5.75 Å². The lowest BCUT2D eigenvalue weighted by molar-refractivity contribution is 0.0600. The van der Waals surface area contributed by atoms with E-state index >= 15 is 0 Å². The summed E-state index contributed by atoms with van der Waals surface area (Å²) in [7, 11) is 2.86. The fourth-order valence-electron chi connectivity index (χ4n) is 1.58. The zero-order valence-electron chi connectivity index (χ0n) is 10.9. The van der Waals surface area contributed by atoms with E-state index < -0.39 is 5.97 Å². The summed E-state index contributed by atoms with van der Waals surface area (Å²) in [5, 5.41) is 9.62. The summed E-state index contributed by atoms with van der Waals surface area (Å²) in [6.45, 7) is 2.06. The molecule has 4 heteroatoms. The fraction of sp³-hybridized carbons (Fsp3) is 0.357. The second-order valence-electron chi connectivity index (χ2n) is 3.82. The van der Waals surface area contributed by atoms with Crippen molar-refractivity contribution in [1.82, 2.24) is 0 Å². The number of carbonyl (C=O) groups is 1. The molecule has 1 rings (SSSR count). The van der Waals surface area contributed by atoms with Crippen LogP contribution in [0.2, 0.25) is 0 Å². The van der Waals surface area contributed by atoms with Gasteiger partial charge in [0.05, 0.1) is 19.8 Å². The number of phenolic OH excluding ortho intramolecular Hbond substituents is 1. The molecule has 0 saturated carbocycles. The van der Waals surface area contributed by atoms with Crippen molar-refractivity contribution in [2.24, 2.45) is 0 Å². The Morgan fingerprint density at radius 3 is 2.44 bits per heavy atom. The van der Waals surface area contributed by atoms with Gasteiger partial charge in [0.25, 0.3) is 0 Å². The first-order chi connectivity index (χ1) is 8.62. The van der Waals surface area contributed by atoms with Crippen LogP contribution in [0.4, 0.5) is 0 Å². The first-order valence-electron chi connectivity index (χ1n) is 5.79. The van der Waals surface area contributed by atoms with Crippen molar-refractivity contribution < 1.29 is 19.4 Å². The van der Waals surface area contributed by atoms with Crippen LogP contribution >= 0.6 is 0 Å². The molecule has 0 aliphatic heterocycles. The van der Waals surface area contributed by atoms with Gasteiger partial charge in [-0.2, -0.15) is 0 Å². The summed E-state index contributed by atoms with van der Waals surface area (Å²) in [6, 6.07) is 4.55.